The Labute approximate surface area is 248 Å². The van der Waals surface area contributed by atoms with Crippen molar-refractivity contribution in [3.05, 3.63) is 64.6 Å². The lowest BCUT2D eigenvalue weighted by Gasteiger charge is -2.27. The highest BCUT2D eigenvalue weighted by atomic mass is 79.9. The molecule has 0 saturated carbocycles. The van der Waals surface area contributed by atoms with Gasteiger partial charge in [-0.15, -0.1) is 0 Å². The Bertz CT molecular complexity index is 1480. The number of methoxy groups -OCH3 is 1. The van der Waals surface area contributed by atoms with Crippen LogP contribution in [0.5, 0.6) is 5.75 Å². The molecule has 3 amide bonds. The van der Waals surface area contributed by atoms with Gasteiger partial charge in [-0.3, -0.25) is 14.4 Å². The highest BCUT2D eigenvalue weighted by molar-refractivity contribution is 9.10. The molecular weight excluding hydrogens is 588 g/mol. The summed E-state index contributed by atoms with van der Waals surface area (Å²) in [5.74, 6) is -0.284. The van der Waals surface area contributed by atoms with Crippen LogP contribution in [0.4, 0.5) is 11.4 Å². The van der Waals surface area contributed by atoms with E-state index in [4.69, 9.17) is 4.74 Å². The van der Waals surface area contributed by atoms with Crippen LogP contribution in [-0.4, -0.2) is 56.3 Å². The number of ketones is 1. The summed E-state index contributed by atoms with van der Waals surface area (Å²) in [4.78, 5) is 55.4. The average Bonchev–Trinajstić information content (AvgIpc) is 3.07. The molecule has 4 rings (SSSR count). The molecule has 0 aliphatic carbocycles. The number of rotatable bonds is 10. The SMILES string of the molecule is CN[C@@H](C)C(=O)NC1CN(C(=O)CCCC(C)=O)c2ccccc2N(Cc2c(OC)ccc3cc(Br)ccc23)C1=O. The van der Waals surface area contributed by atoms with Crippen molar-refractivity contribution in [3.8, 4) is 5.75 Å². The summed E-state index contributed by atoms with van der Waals surface area (Å²) in [7, 11) is 3.25. The van der Waals surface area contributed by atoms with Crippen LogP contribution < -0.4 is 25.2 Å². The number of ether oxygens (including phenoxy) is 1. The van der Waals surface area contributed by atoms with Gasteiger partial charge in [0.2, 0.25) is 11.8 Å². The first-order valence-electron chi connectivity index (χ1n) is 13.6. The van der Waals surface area contributed by atoms with Gasteiger partial charge in [0.1, 0.15) is 17.6 Å². The van der Waals surface area contributed by atoms with Crippen molar-refractivity contribution < 1.29 is 23.9 Å². The third-order valence-electron chi connectivity index (χ3n) is 7.34. The van der Waals surface area contributed by atoms with Gasteiger partial charge >= 0.3 is 0 Å². The Balaban J connectivity index is 1.82. The Morgan fingerprint density at radius 3 is 2.49 bits per heavy atom. The van der Waals surface area contributed by atoms with Crippen LogP contribution in [0.15, 0.2) is 59.1 Å². The van der Waals surface area contributed by atoms with Crippen molar-refractivity contribution in [2.75, 3.05) is 30.5 Å². The number of hydrogen-bond donors (Lipinski definition) is 2. The lowest BCUT2D eigenvalue weighted by atomic mass is 10.0. The van der Waals surface area contributed by atoms with Crippen molar-refractivity contribution in [1.82, 2.24) is 10.6 Å². The molecule has 1 heterocycles. The number of Topliss-reactive ketones (excluding diaryl/α,β-unsaturated/α-hetero) is 1. The van der Waals surface area contributed by atoms with Gasteiger partial charge in [0.25, 0.3) is 5.91 Å². The van der Waals surface area contributed by atoms with E-state index >= 15 is 0 Å². The standard InChI is InChI=1S/C31H35BrN4O5/c1-19(37)8-7-11-29(38)35-18-25(34-30(39)20(2)33-3)31(40)36(27-10-6-5-9-26(27)35)17-24-23-14-13-22(32)16-21(23)12-15-28(24)41-4/h5-6,9-10,12-16,20,25,33H,7-8,11,17-18H2,1-4H3,(H,34,39)/t20-,25?/m0/s1. The van der Waals surface area contributed by atoms with E-state index in [-0.39, 0.29) is 43.0 Å². The van der Waals surface area contributed by atoms with E-state index in [1.807, 2.05) is 42.5 Å². The van der Waals surface area contributed by atoms with Crippen LogP contribution in [0.3, 0.4) is 0 Å². The highest BCUT2D eigenvalue weighted by Crippen LogP contribution is 2.37. The number of fused-ring (bicyclic) bond motifs is 2. The van der Waals surface area contributed by atoms with E-state index in [9.17, 15) is 19.2 Å². The number of nitrogens with zero attached hydrogens (tertiary/aromatic N) is 2. The fourth-order valence-electron chi connectivity index (χ4n) is 5.00. The van der Waals surface area contributed by atoms with Gasteiger partial charge < -0.3 is 30.0 Å². The fraction of sp³-hybridized carbons (Fsp3) is 0.355. The Morgan fingerprint density at radius 2 is 1.80 bits per heavy atom. The van der Waals surface area contributed by atoms with Crippen LogP contribution >= 0.6 is 15.9 Å². The highest BCUT2D eigenvalue weighted by Gasteiger charge is 2.37. The quantitative estimate of drug-likeness (QED) is 0.348. The summed E-state index contributed by atoms with van der Waals surface area (Å²) >= 11 is 3.53. The van der Waals surface area contributed by atoms with E-state index in [2.05, 4.69) is 26.6 Å². The number of amides is 3. The second kappa shape index (κ2) is 13.3. The molecule has 10 heteroatoms. The maximum Gasteiger partial charge on any atom is 0.251 e. The molecule has 3 aromatic carbocycles. The number of benzene rings is 3. The Morgan fingerprint density at radius 1 is 1.07 bits per heavy atom. The lowest BCUT2D eigenvalue weighted by molar-refractivity contribution is -0.128. The average molecular weight is 624 g/mol. The van der Waals surface area contributed by atoms with Gasteiger partial charge in [0, 0.05) is 22.9 Å². The second-order valence-corrected chi connectivity index (χ2v) is 11.1. The monoisotopic (exact) mass is 622 g/mol. The Kier molecular flexibility index (Phi) is 9.77. The molecule has 1 aliphatic rings. The van der Waals surface area contributed by atoms with Gasteiger partial charge in [-0.1, -0.05) is 40.2 Å². The number of nitrogens with one attached hydrogen (secondary N) is 2. The predicted octanol–water partition coefficient (Wildman–Crippen LogP) is 4.34. The number of anilines is 2. The molecule has 3 aromatic rings. The minimum absolute atomic E-state index is 0.0117. The van der Waals surface area contributed by atoms with Crippen molar-refractivity contribution in [2.24, 2.45) is 0 Å². The first-order chi connectivity index (χ1) is 19.6. The first kappa shape index (κ1) is 30.2. The predicted molar refractivity (Wildman–Crippen MR) is 163 cm³/mol. The van der Waals surface area contributed by atoms with Gasteiger partial charge in [-0.05, 0) is 68.4 Å². The summed E-state index contributed by atoms with van der Waals surface area (Å²) in [6, 6.07) is 15.4. The number of para-hydroxylation sites is 2. The van der Waals surface area contributed by atoms with Crippen LogP contribution in [0.25, 0.3) is 10.8 Å². The van der Waals surface area contributed by atoms with E-state index in [0.717, 1.165) is 20.8 Å². The van der Waals surface area contributed by atoms with E-state index in [1.165, 1.54) is 6.92 Å². The number of hydrogen-bond acceptors (Lipinski definition) is 6. The molecule has 2 N–H and O–H groups in total. The molecule has 0 spiro atoms. The van der Waals surface area contributed by atoms with E-state index < -0.39 is 12.1 Å². The van der Waals surface area contributed by atoms with Crippen LogP contribution in [0.1, 0.15) is 38.7 Å². The number of likely N-dealkylation sites (N-methyl/N-ethyl adjacent to an activating group) is 1. The van der Waals surface area contributed by atoms with Gasteiger partial charge in [0.05, 0.1) is 37.6 Å². The van der Waals surface area contributed by atoms with E-state index in [0.29, 0.717) is 30.0 Å². The molecule has 1 aliphatic heterocycles. The summed E-state index contributed by atoms with van der Waals surface area (Å²) in [5.41, 5.74) is 1.91. The zero-order valence-electron chi connectivity index (χ0n) is 23.7. The molecule has 1 unspecified atom stereocenters. The van der Waals surface area contributed by atoms with Crippen molar-refractivity contribution in [1.29, 1.82) is 0 Å². The van der Waals surface area contributed by atoms with Gasteiger partial charge in [-0.2, -0.15) is 0 Å². The minimum atomic E-state index is -1.00. The zero-order valence-corrected chi connectivity index (χ0v) is 25.3. The summed E-state index contributed by atoms with van der Waals surface area (Å²) < 4.78 is 6.65. The molecule has 216 valence electrons. The number of halogens is 1. The van der Waals surface area contributed by atoms with Crippen LogP contribution in [0.2, 0.25) is 0 Å². The van der Waals surface area contributed by atoms with Gasteiger partial charge in [-0.25, -0.2) is 0 Å². The third kappa shape index (κ3) is 6.77. The molecule has 0 bridgehead atoms. The topological polar surface area (TPSA) is 108 Å². The summed E-state index contributed by atoms with van der Waals surface area (Å²) in [6.45, 7) is 3.31. The zero-order chi connectivity index (χ0) is 29.7. The van der Waals surface area contributed by atoms with Crippen LogP contribution in [-0.2, 0) is 25.7 Å². The third-order valence-corrected chi connectivity index (χ3v) is 7.84. The molecule has 0 aromatic heterocycles. The number of carbonyl (C=O) groups excluding carboxylic acids is 4. The molecule has 0 fully saturated rings. The Hall–Kier alpha value is -3.76. The summed E-state index contributed by atoms with van der Waals surface area (Å²) in [6.07, 6.45) is 0.839. The van der Waals surface area contributed by atoms with Crippen molar-refractivity contribution in [3.63, 3.8) is 0 Å². The summed E-state index contributed by atoms with van der Waals surface area (Å²) in [5, 5.41) is 7.65. The van der Waals surface area contributed by atoms with Crippen LogP contribution in [0, 0.1) is 0 Å². The normalized spacial score (nSPS) is 15.7. The van der Waals surface area contributed by atoms with Crippen molar-refractivity contribution >= 4 is 61.6 Å². The largest absolute Gasteiger partial charge is 0.496 e. The minimum Gasteiger partial charge on any atom is -0.496 e. The number of carbonyl (C=O) groups is 4. The maximum atomic E-state index is 14.3. The molecule has 0 saturated heterocycles. The smallest absolute Gasteiger partial charge is 0.251 e. The maximum absolute atomic E-state index is 14.3. The van der Waals surface area contributed by atoms with Crippen molar-refractivity contribution in [2.45, 2.75) is 51.7 Å². The molecule has 41 heavy (non-hydrogen) atoms. The fourth-order valence-corrected chi connectivity index (χ4v) is 5.38. The lowest BCUT2D eigenvalue weighted by Crippen LogP contribution is -2.55. The molecule has 9 nitrogen and oxygen atoms in total. The second-order valence-electron chi connectivity index (χ2n) is 10.2. The molecule has 0 radical (unpaired) electrons. The molecule has 2 atom stereocenters. The van der Waals surface area contributed by atoms with Gasteiger partial charge in [0.15, 0.2) is 0 Å². The van der Waals surface area contributed by atoms with E-state index in [1.54, 1.807) is 43.0 Å². The molecular formula is C31H35BrN4O5. The first-order valence-corrected chi connectivity index (χ1v) is 14.4.